The van der Waals surface area contributed by atoms with Gasteiger partial charge in [0.1, 0.15) is 5.92 Å². The van der Waals surface area contributed by atoms with Crippen LogP contribution in [-0.2, 0) is 4.79 Å². The SMILES string of the molecule is NCC(C(=O)O)c1cnc[nH]1. The summed E-state index contributed by atoms with van der Waals surface area (Å²) >= 11 is 0. The van der Waals surface area contributed by atoms with Crippen molar-refractivity contribution in [2.45, 2.75) is 5.92 Å². The highest BCUT2D eigenvalue weighted by Gasteiger charge is 2.18. The minimum atomic E-state index is -0.934. The van der Waals surface area contributed by atoms with Gasteiger partial charge in [-0.1, -0.05) is 0 Å². The molecule has 1 heterocycles. The second-order valence-electron chi connectivity index (χ2n) is 2.13. The number of carbonyl (C=O) groups is 1. The maximum Gasteiger partial charge on any atom is 0.313 e. The lowest BCUT2D eigenvalue weighted by Crippen LogP contribution is -2.21. The summed E-state index contributed by atoms with van der Waals surface area (Å²) in [7, 11) is 0. The van der Waals surface area contributed by atoms with E-state index < -0.39 is 11.9 Å². The van der Waals surface area contributed by atoms with Crippen molar-refractivity contribution < 1.29 is 9.90 Å². The Bertz CT molecular complexity index is 232. The van der Waals surface area contributed by atoms with Crippen molar-refractivity contribution >= 4 is 5.97 Å². The summed E-state index contributed by atoms with van der Waals surface area (Å²) < 4.78 is 0. The minimum Gasteiger partial charge on any atom is -0.481 e. The molecule has 0 bridgehead atoms. The zero-order valence-corrected chi connectivity index (χ0v) is 5.82. The highest BCUT2D eigenvalue weighted by molar-refractivity contribution is 5.75. The Morgan fingerprint density at radius 2 is 2.64 bits per heavy atom. The summed E-state index contributed by atoms with van der Waals surface area (Å²) in [6.07, 6.45) is 2.90. The molecule has 0 radical (unpaired) electrons. The van der Waals surface area contributed by atoms with Crippen LogP contribution in [0.5, 0.6) is 0 Å². The summed E-state index contributed by atoms with van der Waals surface area (Å²) in [6, 6.07) is 0. The van der Waals surface area contributed by atoms with Crippen LogP contribution in [0, 0.1) is 0 Å². The molecule has 60 valence electrons. The van der Waals surface area contributed by atoms with Crippen LogP contribution < -0.4 is 5.73 Å². The fraction of sp³-hybridized carbons (Fsp3) is 0.333. The molecule has 0 saturated carbocycles. The van der Waals surface area contributed by atoms with Crippen LogP contribution in [0.25, 0.3) is 0 Å². The molecular formula is C6H9N3O2. The molecule has 0 saturated heterocycles. The fourth-order valence-electron chi connectivity index (χ4n) is 0.818. The number of H-pyrrole nitrogens is 1. The molecule has 1 unspecified atom stereocenters. The summed E-state index contributed by atoms with van der Waals surface area (Å²) in [4.78, 5) is 16.9. The molecule has 0 spiro atoms. The molecule has 0 fully saturated rings. The van der Waals surface area contributed by atoms with Gasteiger partial charge in [-0.2, -0.15) is 0 Å². The van der Waals surface area contributed by atoms with Crippen LogP contribution in [0.4, 0.5) is 0 Å². The summed E-state index contributed by atoms with van der Waals surface area (Å²) in [6.45, 7) is 0.0809. The summed E-state index contributed by atoms with van der Waals surface area (Å²) in [5, 5.41) is 8.62. The lowest BCUT2D eigenvalue weighted by Gasteiger charge is -2.04. The Morgan fingerprint density at radius 1 is 1.91 bits per heavy atom. The van der Waals surface area contributed by atoms with Crippen LogP contribution in [0.2, 0.25) is 0 Å². The molecule has 1 aromatic heterocycles. The van der Waals surface area contributed by atoms with Crippen LogP contribution >= 0.6 is 0 Å². The zero-order chi connectivity index (χ0) is 8.27. The van der Waals surface area contributed by atoms with Gasteiger partial charge in [0.25, 0.3) is 0 Å². The molecule has 0 aliphatic rings. The van der Waals surface area contributed by atoms with Crippen molar-refractivity contribution in [2.24, 2.45) is 5.73 Å². The van der Waals surface area contributed by atoms with E-state index in [2.05, 4.69) is 9.97 Å². The number of nitrogens with two attached hydrogens (primary N) is 1. The predicted octanol–water partition coefficient (Wildman–Crippen LogP) is -0.463. The van der Waals surface area contributed by atoms with Gasteiger partial charge in [0.2, 0.25) is 0 Å². The third-order valence-electron chi connectivity index (χ3n) is 1.43. The number of hydrogen-bond acceptors (Lipinski definition) is 3. The molecular weight excluding hydrogens is 146 g/mol. The number of aromatic amines is 1. The van der Waals surface area contributed by atoms with E-state index in [1.54, 1.807) is 0 Å². The van der Waals surface area contributed by atoms with Crippen LogP contribution in [-0.4, -0.2) is 27.6 Å². The lowest BCUT2D eigenvalue weighted by atomic mass is 10.1. The number of carboxylic acid groups (broad SMARTS) is 1. The van der Waals surface area contributed by atoms with E-state index in [4.69, 9.17) is 10.8 Å². The molecule has 4 N–H and O–H groups in total. The summed E-state index contributed by atoms with van der Waals surface area (Å²) in [5.74, 6) is -1.60. The number of aromatic nitrogens is 2. The Hall–Kier alpha value is -1.36. The molecule has 0 aromatic carbocycles. The van der Waals surface area contributed by atoms with Gasteiger partial charge in [0, 0.05) is 12.7 Å². The maximum atomic E-state index is 10.5. The summed E-state index contributed by atoms with van der Waals surface area (Å²) in [5.41, 5.74) is 5.78. The highest BCUT2D eigenvalue weighted by Crippen LogP contribution is 2.09. The third kappa shape index (κ3) is 1.56. The molecule has 5 heteroatoms. The largest absolute Gasteiger partial charge is 0.481 e. The van der Waals surface area contributed by atoms with Crippen molar-refractivity contribution in [3.8, 4) is 0 Å². The fourth-order valence-corrected chi connectivity index (χ4v) is 0.818. The number of hydrogen-bond donors (Lipinski definition) is 3. The second kappa shape index (κ2) is 3.16. The van der Waals surface area contributed by atoms with Crippen LogP contribution in [0.3, 0.4) is 0 Å². The molecule has 1 aromatic rings. The number of aliphatic carboxylic acids is 1. The number of imidazole rings is 1. The Morgan fingerprint density at radius 3 is 3.00 bits per heavy atom. The van der Waals surface area contributed by atoms with Crippen LogP contribution in [0.15, 0.2) is 12.5 Å². The first-order valence-corrected chi connectivity index (χ1v) is 3.17. The first kappa shape index (κ1) is 7.74. The maximum absolute atomic E-state index is 10.5. The monoisotopic (exact) mass is 155 g/mol. The molecule has 1 rings (SSSR count). The average molecular weight is 155 g/mol. The van der Waals surface area contributed by atoms with Crippen LogP contribution in [0.1, 0.15) is 11.6 Å². The van der Waals surface area contributed by atoms with Gasteiger partial charge in [-0.15, -0.1) is 0 Å². The van der Waals surface area contributed by atoms with Crippen molar-refractivity contribution in [1.29, 1.82) is 0 Å². The van der Waals surface area contributed by atoms with Gasteiger partial charge in [-0.25, -0.2) is 4.98 Å². The molecule has 1 atom stereocenters. The van der Waals surface area contributed by atoms with Gasteiger partial charge >= 0.3 is 5.97 Å². The molecule has 0 amide bonds. The quantitative estimate of drug-likeness (QED) is 0.550. The van der Waals surface area contributed by atoms with Gasteiger partial charge < -0.3 is 15.8 Å². The molecule has 0 aliphatic heterocycles. The standard InChI is InChI=1S/C6H9N3O2/c7-1-4(6(10)11)5-2-8-3-9-5/h2-4H,1,7H2,(H,8,9)(H,10,11). The van der Waals surface area contributed by atoms with E-state index in [1.807, 2.05) is 0 Å². The first-order chi connectivity index (χ1) is 5.25. The normalized spacial score (nSPS) is 12.8. The molecule has 11 heavy (non-hydrogen) atoms. The van der Waals surface area contributed by atoms with Crippen molar-refractivity contribution in [3.63, 3.8) is 0 Å². The minimum absolute atomic E-state index is 0.0809. The Balaban J connectivity index is 2.79. The number of nitrogens with zero attached hydrogens (tertiary/aromatic N) is 1. The van der Waals surface area contributed by atoms with E-state index in [-0.39, 0.29) is 6.54 Å². The first-order valence-electron chi connectivity index (χ1n) is 3.17. The zero-order valence-electron chi connectivity index (χ0n) is 5.82. The van der Waals surface area contributed by atoms with Gasteiger partial charge in [-0.3, -0.25) is 4.79 Å². The third-order valence-corrected chi connectivity index (χ3v) is 1.43. The number of rotatable bonds is 3. The van der Waals surface area contributed by atoms with Crippen molar-refractivity contribution in [1.82, 2.24) is 9.97 Å². The second-order valence-corrected chi connectivity index (χ2v) is 2.13. The van der Waals surface area contributed by atoms with E-state index in [9.17, 15) is 4.79 Å². The molecule has 5 nitrogen and oxygen atoms in total. The van der Waals surface area contributed by atoms with Gasteiger partial charge in [-0.05, 0) is 0 Å². The van der Waals surface area contributed by atoms with Gasteiger partial charge in [0.15, 0.2) is 0 Å². The van der Waals surface area contributed by atoms with E-state index in [1.165, 1.54) is 12.5 Å². The number of nitrogens with one attached hydrogen (secondary N) is 1. The average Bonchev–Trinajstić information content (AvgIpc) is 2.40. The Kier molecular flexibility index (Phi) is 2.22. The van der Waals surface area contributed by atoms with E-state index >= 15 is 0 Å². The highest BCUT2D eigenvalue weighted by atomic mass is 16.4. The predicted molar refractivity (Wildman–Crippen MR) is 38.0 cm³/mol. The van der Waals surface area contributed by atoms with Gasteiger partial charge in [0.05, 0.1) is 12.0 Å². The number of carboxylic acids is 1. The smallest absolute Gasteiger partial charge is 0.313 e. The topological polar surface area (TPSA) is 92.0 Å². The van der Waals surface area contributed by atoms with Crippen molar-refractivity contribution in [3.05, 3.63) is 18.2 Å². The van der Waals surface area contributed by atoms with Crippen molar-refractivity contribution in [2.75, 3.05) is 6.54 Å². The Labute approximate surface area is 63.3 Å². The van der Waals surface area contributed by atoms with E-state index in [0.29, 0.717) is 5.69 Å². The van der Waals surface area contributed by atoms with E-state index in [0.717, 1.165) is 0 Å². The molecule has 0 aliphatic carbocycles. The lowest BCUT2D eigenvalue weighted by molar-refractivity contribution is -0.138.